The minimum atomic E-state index is -0.713. The van der Waals surface area contributed by atoms with Crippen LogP contribution in [0.2, 0.25) is 0 Å². The lowest BCUT2D eigenvalue weighted by Crippen LogP contribution is -2.03. The Bertz CT molecular complexity index is 480. The van der Waals surface area contributed by atoms with Gasteiger partial charge in [0.15, 0.2) is 0 Å². The number of rotatable bonds is 4. The third kappa shape index (κ3) is 2.47. The van der Waals surface area contributed by atoms with E-state index in [9.17, 15) is 5.11 Å². The molecule has 0 bridgehead atoms. The number of ether oxygens (including phenoxy) is 1. The molecule has 17 heavy (non-hydrogen) atoms. The van der Waals surface area contributed by atoms with Crippen LogP contribution in [0.3, 0.4) is 0 Å². The number of aromatic amines is 1. The molecule has 90 valence electrons. The number of aromatic nitrogens is 2. The van der Waals surface area contributed by atoms with Crippen molar-refractivity contribution >= 4 is 0 Å². The van der Waals surface area contributed by atoms with Crippen LogP contribution >= 0.6 is 0 Å². The topological polar surface area (TPSA) is 58.1 Å². The van der Waals surface area contributed by atoms with Crippen LogP contribution in [0.25, 0.3) is 0 Å². The highest BCUT2D eigenvalue weighted by Crippen LogP contribution is 2.30. The summed E-state index contributed by atoms with van der Waals surface area (Å²) in [6.07, 6.45) is 2.58. The number of H-pyrrole nitrogens is 1. The molecule has 0 saturated carbocycles. The zero-order valence-corrected chi connectivity index (χ0v) is 9.97. The lowest BCUT2D eigenvalue weighted by molar-refractivity contribution is 0.212. The van der Waals surface area contributed by atoms with Gasteiger partial charge in [0.2, 0.25) is 0 Å². The Morgan fingerprint density at radius 1 is 1.47 bits per heavy atom. The highest BCUT2D eigenvalue weighted by molar-refractivity contribution is 5.41. The molecule has 0 radical (unpaired) electrons. The fourth-order valence-electron chi connectivity index (χ4n) is 1.76. The molecule has 1 aromatic carbocycles. The lowest BCUT2D eigenvalue weighted by Gasteiger charge is -2.15. The molecule has 0 aliphatic heterocycles. The molecule has 1 heterocycles. The minimum absolute atomic E-state index is 0.578. The molecular formula is C13H16N2O2. The van der Waals surface area contributed by atoms with Crippen LogP contribution < -0.4 is 4.74 Å². The molecule has 1 aromatic heterocycles. The summed E-state index contributed by atoms with van der Waals surface area (Å²) in [5, 5.41) is 16.8. The third-order valence-electron chi connectivity index (χ3n) is 2.59. The predicted molar refractivity (Wildman–Crippen MR) is 65.0 cm³/mol. The number of nitrogens with zero attached hydrogens (tertiary/aromatic N) is 1. The number of aliphatic hydroxyl groups is 1. The highest BCUT2D eigenvalue weighted by Gasteiger charge is 2.16. The van der Waals surface area contributed by atoms with Crippen LogP contribution in [0.5, 0.6) is 5.75 Å². The SMILES string of the molecule is CCOc1ccc(C)cc1C(O)c1cn[nH]c1. The van der Waals surface area contributed by atoms with Gasteiger partial charge in [0.05, 0.1) is 12.8 Å². The average Bonchev–Trinajstić information content (AvgIpc) is 2.84. The first-order valence-corrected chi connectivity index (χ1v) is 5.62. The summed E-state index contributed by atoms with van der Waals surface area (Å²) in [6.45, 7) is 4.49. The second kappa shape index (κ2) is 5.01. The van der Waals surface area contributed by atoms with E-state index in [1.54, 1.807) is 12.4 Å². The van der Waals surface area contributed by atoms with Crippen LogP contribution in [0.15, 0.2) is 30.6 Å². The molecule has 2 rings (SSSR count). The Labute approximate surface area is 100 Å². The molecule has 1 atom stereocenters. The summed E-state index contributed by atoms with van der Waals surface area (Å²) in [5.74, 6) is 0.715. The van der Waals surface area contributed by atoms with E-state index < -0.39 is 6.10 Å². The van der Waals surface area contributed by atoms with Gasteiger partial charge in [-0.2, -0.15) is 5.10 Å². The molecular weight excluding hydrogens is 216 g/mol. The molecule has 0 amide bonds. The molecule has 1 unspecified atom stereocenters. The monoisotopic (exact) mass is 232 g/mol. The molecule has 4 heteroatoms. The average molecular weight is 232 g/mol. The van der Waals surface area contributed by atoms with Crippen molar-refractivity contribution < 1.29 is 9.84 Å². The van der Waals surface area contributed by atoms with Crippen molar-refractivity contribution in [2.24, 2.45) is 0 Å². The van der Waals surface area contributed by atoms with Crippen LogP contribution in [0.4, 0.5) is 0 Å². The van der Waals surface area contributed by atoms with Gasteiger partial charge in [-0.25, -0.2) is 0 Å². The van der Waals surface area contributed by atoms with Gasteiger partial charge in [-0.1, -0.05) is 11.6 Å². The van der Waals surface area contributed by atoms with E-state index in [0.29, 0.717) is 12.4 Å². The van der Waals surface area contributed by atoms with Crippen molar-refractivity contribution in [3.05, 3.63) is 47.3 Å². The van der Waals surface area contributed by atoms with E-state index in [1.807, 2.05) is 32.0 Å². The number of hydrogen-bond donors (Lipinski definition) is 2. The fraction of sp³-hybridized carbons (Fsp3) is 0.308. The number of hydrogen-bond acceptors (Lipinski definition) is 3. The van der Waals surface area contributed by atoms with Crippen molar-refractivity contribution in [2.75, 3.05) is 6.61 Å². The Morgan fingerprint density at radius 3 is 2.94 bits per heavy atom. The number of nitrogens with one attached hydrogen (secondary N) is 1. The van der Waals surface area contributed by atoms with E-state index in [4.69, 9.17) is 4.74 Å². The summed E-state index contributed by atoms with van der Waals surface area (Å²) >= 11 is 0. The van der Waals surface area contributed by atoms with Gasteiger partial charge in [-0.15, -0.1) is 0 Å². The maximum Gasteiger partial charge on any atom is 0.125 e. The van der Waals surface area contributed by atoms with Crippen LogP contribution in [-0.2, 0) is 0 Å². The van der Waals surface area contributed by atoms with E-state index >= 15 is 0 Å². The maximum absolute atomic E-state index is 10.3. The Balaban J connectivity index is 2.38. The summed E-state index contributed by atoms with van der Waals surface area (Å²) in [4.78, 5) is 0. The second-order valence-electron chi connectivity index (χ2n) is 3.91. The maximum atomic E-state index is 10.3. The molecule has 2 N–H and O–H groups in total. The van der Waals surface area contributed by atoms with Gasteiger partial charge in [-0.05, 0) is 26.0 Å². The first kappa shape index (κ1) is 11.7. The van der Waals surface area contributed by atoms with Gasteiger partial charge in [0.1, 0.15) is 11.9 Å². The molecule has 4 nitrogen and oxygen atoms in total. The molecule has 0 saturated heterocycles. The summed E-state index contributed by atoms with van der Waals surface area (Å²) < 4.78 is 5.52. The molecule has 0 spiro atoms. The van der Waals surface area contributed by atoms with E-state index in [2.05, 4.69) is 10.2 Å². The van der Waals surface area contributed by atoms with Crippen molar-refractivity contribution in [1.29, 1.82) is 0 Å². The van der Waals surface area contributed by atoms with Gasteiger partial charge < -0.3 is 9.84 Å². The van der Waals surface area contributed by atoms with Crippen molar-refractivity contribution in [2.45, 2.75) is 20.0 Å². The van der Waals surface area contributed by atoms with Crippen molar-refractivity contribution in [3.63, 3.8) is 0 Å². The first-order chi connectivity index (χ1) is 8.22. The fourth-order valence-corrected chi connectivity index (χ4v) is 1.76. The zero-order chi connectivity index (χ0) is 12.3. The van der Waals surface area contributed by atoms with Gasteiger partial charge in [0, 0.05) is 17.3 Å². The molecule has 0 aliphatic rings. The summed E-state index contributed by atoms with van der Waals surface area (Å²) in [5.41, 5.74) is 2.59. The van der Waals surface area contributed by atoms with Crippen molar-refractivity contribution in [1.82, 2.24) is 10.2 Å². The Kier molecular flexibility index (Phi) is 3.44. The normalized spacial score (nSPS) is 12.4. The van der Waals surface area contributed by atoms with E-state index in [0.717, 1.165) is 16.7 Å². The standard InChI is InChI=1S/C13H16N2O2/c1-3-17-12-5-4-9(2)6-11(12)13(16)10-7-14-15-8-10/h4-8,13,16H,3H2,1-2H3,(H,14,15). The van der Waals surface area contributed by atoms with Crippen LogP contribution in [0.1, 0.15) is 29.7 Å². The predicted octanol–water partition coefficient (Wildman–Crippen LogP) is 2.20. The highest BCUT2D eigenvalue weighted by atomic mass is 16.5. The molecule has 0 aliphatic carbocycles. The summed E-state index contributed by atoms with van der Waals surface area (Å²) in [6, 6.07) is 5.79. The lowest BCUT2D eigenvalue weighted by atomic mass is 10.0. The van der Waals surface area contributed by atoms with E-state index in [-0.39, 0.29) is 0 Å². The number of benzene rings is 1. The van der Waals surface area contributed by atoms with Crippen LogP contribution in [0, 0.1) is 6.92 Å². The number of aliphatic hydroxyl groups excluding tert-OH is 1. The molecule has 0 fully saturated rings. The van der Waals surface area contributed by atoms with E-state index in [1.165, 1.54) is 0 Å². The number of aryl methyl sites for hydroxylation is 1. The Hall–Kier alpha value is -1.81. The van der Waals surface area contributed by atoms with Crippen LogP contribution in [-0.4, -0.2) is 21.9 Å². The largest absolute Gasteiger partial charge is 0.493 e. The minimum Gasteiger partial charge on any atom is -0.493 e. The quantitative estimate of drug-likeness (QED) is 0.849. The zero-order valence-electron chi connectivity index (χ0n) is 9.97. The van der Waals surface area contributed by atoms with Gasteiger partial charge >= 0.3 is 0 Å². The summed E-state index contributed by atoms with van der Waals surface area (Å²) in [7, 11) is 0. The van der Waals surface area contributed by atoms with Gasteiger partial charge in [0.25, 0.3) is 0 Å². The van der Waals surface area contributed by atoms with Gasteiger partial charge in [-0.3, -0.25) is 5.10 Å². The Morgan fingerprint density at radius 2 is 2.29 bits per heavy atom. The molecule has 2 aromatic rings. The van der Waals surface area contributed by atoms with Crippen molar-refractivity contribution in [3.8, 4) is 5.75 Å². The third-order valence-corrected chi connectivity index (χ3v) is 2.59. The second-order valence-corrected chi connectivity index (χ2v) is 3.91. The first-order valence-electron chi connectivity index (χ1n) is 5.62. The smallest absolute Gasteiger partial charge is 0.125 e.